The zero-order chi connectivity index (χ0) is 13.5. The lowest BCUT2D eigenvalue weighted by molar-refractivity contribution is 0.404. The number of guanidine groups is 1. The minimum Gasteiger partial charge on any atom is -0.496 e. The minimum absolute atomic E-state index is 0.141. The maximum Gasteiger partial charge on any atom is 0.191 e. The maximum absolute atomic E-state index is 5.47. The third kappa shape index (κ3) is 2.15. The summed E-state index contributed by atoms with van der Waals surface area (Å²) in [4.78, 5) is 4.46. The molecule has 4 heteroatoms. The van der Waals surface area contributed by atoms with Crippen molar-refractivity contribution in [2.45, 2.75) is 37.8 Å². The summed E-state index contributed by atoms with van der Waals surface area (Å²) >= 11 is 0. The van der Waals surface area contributed by atoms with Crippen LogP contribution < -0.4 is 15.4 Å². The molecule has 3 rings (SSSR count). The second kappa shape index (κ2) is 4.44. The van der Waals surface area contributed by atoms with Gasteiger partial charge in [0, 0.05) is 23.1 Å². The molecule has 19 heavy (non-hydrogen) atoms. The average molecular weight is 259 g/mol. The maximum atomic E-state index is 5.47. The molecule has 1 aromatic carbocycles. The molecule has 0 bridgehead atoms. The van der Waals surface area contributed by atoms with Crippen LogP contribution >= 0.6 is 0 Å². The highest BCUT2D eigenvalue weighted by Crippen LogP contribution is 2.50. The fourth-order valence-electron chi connectivity index (χ4n) is 2.79. The van der Waals surface area contributed by atoms with Crippen LogP contribution in [0.5, 0.6) is 5.75 Å². The van der Waals surface area contributed by atoms with Gasteiger partial charge in [-0.25, -0.2) is 0 Å². The van der Waals surface area contributed by atoms with Gasteiger partial charge in [-0.15, -0.1) is 0 Å². The Morgan fingerprint density at radius 3 is 2.89 bits per heavy atom. The summed E-state index contributed by atoms with van der Waals surface area (Å²) in [5.41, 5.74) is 1.42. The van der Waals surface area contributed by atoms with Gasteiger partial charge < -0.3 is 15.4 Å². The highest BCUT2D eigenvalue weighted by atomic mass is 16.5. The van der Waals surface area contributed by atoms with E-state index >= 15 is 0 Å². The van der Waals surface area contributed by atoms with Crippen LogP contribution in [0.3, 0.4) is 0 Å². The van der Waals surface area contributed by atoms with Gasteiger partial charge in [0.25, 0.3) is 0 Å². The Morgan fingerprint density at radius 1 is 1.42 bits per heavy atom. The van der Waals surface area contributed by atoms with Crippen molar-refractivity contribution in [3.8, 4) is 5.75 Å². The standard InChI is InChI=1S/C15H21N3O/c1-10-9-16-14(17-10)18-13-8-15(13,2)11-6-4-5-7-12(11)19-3/h4-7,10,13H,8-9H2,1-3H3,(H2,16,17,18). The van der Waals surface area contributed by atoms with Gasteiger partial charge in [-0.3, -0.25) is 4.99 Å². The second-order valence-corrected chi connectivity index (χ2v) is 5.75. The second-order valence-electron chi connectivity index (χ2n) is 5.75. The number of aliphatic imine (C=N–C) groups is 1. The number of nitrogens with one attached hydrogen (secondary N) is 2. The molecule has 2 aliphatic rings. The molecule has 0 spiro atoms. The van der Waals surface area contributed by atoms with Crippen LogP contribution in [0.1, 0.15) is 25.8 Å². The summed E-state index contributed by atoms with van der Waals surface area (Å²) in [6, 6.07) is 9.16. The summed E-state index contributed by atoms with van der Waals surface area (Å²) in [6.07, 6.45) is 1.11. The average Bonchev–Trinajstić information content (AvgIpc) is 2.87. The number of hydrogen-bond donors (Lipinski definition) is 2. The number of nitrogens with zero attached hydrogens (tertiary/aromatic N) is 1. The zero-order valence-electron chi connectivity index (χ0n) is 11.7. The van der Waals surface area contributed by atoms with Gasteiger partial charge in [0.2, 0.25) is 0 Å². The lowest BCUT2D eigenvalue weighted by Crippen LogP contribution is -2.40. The van der Waals surface area contributed by atoms with Gasteiger partial charge in [-0.2, -0.15) is 0 Å². The Morgan fingerprint density at radius 2 is 2.21 bits per heavy atom. The van der Waals surface area contributed by atoms with Crippen LogP contribution in [0.25, 0.3) is 0 Å². The molecule has 0 aromatic heterocycles. The van der Waals surface area contributed by atoms with Crippen molar-refractivity contribution >= 4 is 5.96 Å². The van der Waals surface area contributed by atoms with Crippen molar-refractivity contribution in [1.82, 2.24) is 10.6 Å². The predicted molar refractivity (Wildman–Crippen MR) is 76.8 cm³/mol. The van der Waals surface area contributed by atoms with Crippen molar-refractivity contribution in [3.63, 3.8) is 0 Å². The fourth-order valence-corrected chi connectivity index (χ4v) is 2.79. The summed E-state index contributed by atoms with van der Waals surface area (Å²) in [7, 11) is 1.73. The molecule has 1 aliphatic heterocycles. The first-order valence-electron chi connectivity index (χ1n) is 6.84. The molecule has 102 valence electrons. The smallest absolute Gasteiger partial charge is 0.191 e. The predicted octanol–water partition coefficient (Wildman–Crippen LogP) is 1.66. The van der Waals surface area contributed by atoms with Crippen LogP contribution in [0.15, 0.2) is 29.3 Å². The number of para-hydroxylation sites is 1. The van der Waals surface area contributed by atoms with Crippen molar-refractivity contribution in [2.24, 2.45) is 4.99 Å². The summed E-state index contributed by atoms with van der Waals surface area (Å²) in [6.45, 7) is 5.28. The van der Waals surface area contributed by atoms with Crippen molar-refractivity contribution in [2.75, 3.05) is 13.7 Å². The van der Waals surface area contributed by atoms with Crippen molar-refractivity contribution in [1.29, 1.82) is 0 Å². The number of rotatable bonds is 3. The quantitative estimate of drug-likeness (QED) is 0.868. The highest BCUT2D eigenvalue weighted by molar-refractivity contribution is 5.82. The minimum atomic E-state index is 0.141. The van der Waals surface area contributed by atoms with Gasteiger partial charge >= 0.3 is 0 Å². The Bertz CT molecular complexity index is 514. The van der Waals surface area contributed by atoms with E-state index in [1.807, 2.05) is 12.1 Å². The van der Waals surface area contributed by atoms with E-state index < -0.39 is 0 Å². The molecule has 0 saturated heterocycles. The van der Waals surface area contributed by atoms with E-state index in [1.54, 1.807) is 7.11 Å². The number of benzene rings is 1. The monoisotopic (exact) mass is 259 g/mol. The topological polar surface area (TPSA) is 45.6 Å². The fraction of sp³-hybridized carbons (Fsp3) is 0.533. The Labute approximate surface area is 114 Å². The largest absolute Gasteiger partial charge is 0.496 e. The normalized spacial score (nSPS) is 32.5. The number of hydrogen-bond acceptors (Lipinski definition) is 4. The molecule has 1 saturated carbocycles. The van der Waals surface area contributed by atoms with Gasteiger partial charge in [0.1, 0.15) is 5.75 Å². The summed E-state index contributed by atoms with van der Waals surface area (Å²) in [5.74, 6) is 1.92. The molecule has 3 unspecified atom stereocenters. The number of ether oxygens (including phenoxy) is 1. The van der Waals surface area contributed by atoms with Crippen LogP contribution in [0.2, 0.25) is 0 Å². The molecule has 0 amide bonds. The van der Waals surface area contributed by atoms with Gasteiger partial charge in [0.05, 0.1) is 13.7 Å². The molecular formula is C15H21N3O. The molecule has 3 atom stereocenters. The Hall–Kier alpha value is -1.71. The highest BCUT2D eigenvalue weighted by Gasteiger charge is 2.53. The van der Waals surface area contributed by atoms with Crippen LogP contribution in [0.4, 0.5) is 0 Å². The summed E-state index contributed by atoms with van der Waals surface area (Å²) < 4.78 is 5.47. The SMILES string of the molecule is COc1ccccc1C1(C)CC1NC1=NCC(C)N1. The van der Waals surface area contributed by atoms with Gasteiger partial charge in [-0.1, -0.05) is 25.1 Å². The van der Waals surface area contributed by atoms with E-state index in [0.29, 0.717) is 12.1 Å². The molecule has 4 nitrogen and oxygen atoms in total. The molecule has 1 aliphatic carbocycles. The van der Waals surface area contributed by atoms with Crippen molar-refractivity contribution < 1.29 is 4.74 Å². The first-order valence-corrected chi connectivity index (χ1v) is 6.84. The van der Waals surface area contributed by atoms with E-state index in [-0.39, 0.29) is 5.41 Å². The third-order valence-electron chi connectivity index (χ3n) is 4.18. The summed E-state index contributed by atoms with van der Waals surface area (Å²) in [5, 5.41) is 6.86. The number of methoxy groups -OCH3 is 1. The molecule has 1 fully saturated rings. The van der Waals surface area contributed by atoms with Crippen LogP contribution in [-0.4, -0.2) is 31.7 Å². The third-order valence-corrected chi connectivity index (χ3v) is 4.18. The Balaban J connectivity index is 1.73. The van der Waals surface area contributed by atoms with Gasteiger partial charge in [0.15, 0.2) is 5.96 Å². The zero-order valence-corrected chi connectivity index (χ0v) is 11.7. The van der Waals surface area contributed by atoms with E-state index in [4.69, 9.17) is 4.74 Å². The Kier molecular flexibility index (Phi) is 2.88. The first-order chi connectivity index (χ1) is 9.13. The van der Waals surface area contributed by atoms with E-state index in [2.05, 4.69) is 41.6 Å². The molecule has 0 radical (unpaired) electrons. The lowest BCUT2D eigenvalue weighted by atomic mass is 9.96. The van der Waals surface area contributed by atoms with Crippen LogP contribution in [0, 0.1) is 0 Å². The van der Waals surface area contributed by atoms with Gasteiger partial charge in [-0.05, 0) is 19.4 Å². The van der Waals surface area contributed by atoms with E-state index in [9.17, 15) is 0 Å². The first kappa shape index (κ1) is 12.3. The lowest BCUT2D eigenvalue weighted by Gasteiger charge is -2.17. The van der Waals surface area contributed by atoms with Crippen molar-refractivity contribution in [3.05, 3.63) is 29.8 Å². The molecule has 1 heterocycles. The van der Waals surface area contributed by atoms with E-state index in [1.165, 1.54) is 5.56 Å². The van der Waals surface area contributed by atoms with E-state index in [0.717, 1.165) is 24.7 Å². The molecular weight excluding hydrogens is 238 g/mol. The molecule has 1 aromatic rings. The van der Waals surface area contributed by atoms with Crippen LogP contribution in [-0.2, 0) is 5.41 Å². The molecule has 2 N–H and O–H groups in total.